The lowest BCUT2D eigenvalue weighted by Crippen LogP contribution is -2.19. The maximum atomic E-state index is 6.02. The van der Waals surface area contributed by atoms with E-state index in [-0.39, 0.29) is 11.5 Å². The minimum atomic E-state index is 0.108. The third kappa shape index (κ3) is 5.83. The first-order valence-corrected chi connectivity index (χ1v) is 7.46. The quantitative estimate of drug-likeness (QED) is 0.826. The van der Waals surface area contributed by atoms with E-state index in [4.69, 9.17) is 15.2 Å². The molecule has 0 aliphatic heterocycles. The van der Waals surface area contributed by atoms with Crippen molar-refractivity contribution in [1.29, 1.82) is 0 Å². The third-order valence-electron chi connectivity index (χ3n) is 3.00. The monoisotopic (exact) mass is 279 g/mol. The molecule has 0 aliphatic carbocycles. The normalized spacial score (nSPS) is 13.1. The van der Waals surface area contributed by atoms with Gasteiger partial charge in [0, 0.05) is 6.04 Å². The van der Waals surface area contributed by atoms with Crippen molar-refractivity contribution in [2.75, 3.05) is 13.2 Å². The molecular formula is C17H29NO2. The first-order valence-electron chi connectivity index (χ1n) is 7.46. The van der Waals surface area contributed by atoms with Gasteiger partial charge in [0.05, 0.1) is 13.2 Å². The van der Waals surface area contributed by atoms with E-state index >= 15 is 0 Å². The van der Waals surface area contributed by atoms with Crippen molar-refractivity contribution in [3.05, 3.63) is 23.8 Å². The van der Waals surface area contributed by atoms with Crippen LogP contribution in [0.2, 0.25) is 0 Å². The molecule has 1 aromatic rings. The van der Waals surface area contributed by atoms with Crippen LogP contribution in [0.15, 0.2) is 18.2 Å². The second-order valence-electron chi connectivity index (χ2n) is 6.52. The van der Waals surface area contributed by atoms with Crippen LogP contribution >= 0.6 is 0 Å². The Hall–Kier alpha value is -1.22. The van der Waals surface area contributed by atoms with Gasteiger partial charge >= 0.3 is 0 Å². The molecule has 0 heterocycles. The van der Waals surface area contributed by atoms with Crippen molar-refractivity contribution in [2.45, 2.75) is 53.5 Å². The fraction of sp³-hybridized carbons (Fsp3) is 0.647. The maximum Gasteiger partial charge on any atom is 0.164 e. The van der Waals surface area contributed by atoms with Gasteiger partial charge in [0.15, 0.2) is 11.5 Å². The fourth-order valence-electron chi connectivity index (χ4n) is 1.96. The predicted molar refractivity (Wildman–Crippen MR) is 84.5 cm³/mol. The number of para-hydroxylation sites is 1. The molecule has 0 fully saturated rings. The lowest BCUT2D eigenvalue weighted by molar-refractivity contribution is 0.227. The van der Waals surface area contributed by atoms with Crippen LogP contribution in [-0.4, -0.2) is 19.3 Å². The van der Waals surface area contributed by atoms with Crippen molar-refractivity contribution in [2.24, 2.45) is 11.1 Å². The average Bonchev–Trinajstić information content (AvgIpc) is 2.30. The molecule has 0 aromatic heterocycles. The van der Waals surface area contributed by atoms with Gasteiger partial charge in [0.2, 0.25) is 0 Å². The lowest BCUT2D eigenvalue weighted by atomic mass is 9.93. The molecule has 0 aliphatic rings. The summed E-state index contributed by atoms with van der Waals surface area (Å²) in [4.78, 5) is 0. The molecule has 0 radical (unpaired) electrons. The van der Waals surface area contributed by atoms with E-state index in [1.807, 2.05) is 26.0 Å². The molecule has 114 valence electrons. The molecule has 1 rings (SSSR count). The van der Waals surface area contributed by atoms with Crippen LogP contribution in [-0.2, 0) is 6.42 Å². The van der Waals surface area contributed by atoms with Crippen molar-refractivity contribution in [3.8, 4) is 11.5 Å². The Balaban J connectivity index is 2.87. The zero-order chi connectivity index (χ0) is 15.2. The van der Waals surface area contributed by atoms with E-state index in [2.05, 4.69) is 26.8 Å². The summed E-state index contributed by atoms with van der Waals surface area (Å²) in [5.41, 5.74) is 7.31. The zero-order valence-electron chi connectivity index (χ0n) is 13.5. The highest BCUT2D eigenvalue weighted by atomic mass is 16.5. The SMILES string of the molecule is CCOc1cccc(CC(C)N)c1OCCC(C)(C)C. The van der Waals surface area contributed by atoms with Crippen molar-refractivity contribution < 1.29 is 9.47 Å². The molecule has 3 heteroatoms. The Bertz CT molecular complexity index is 408. The summed E-state index contributed by atoms with van der Waals surface area (Å²) < 4.78 is 11.7. The highest BCUT2D eigenvalue weighted by molar-refractivity contribution is 5.47. The van der Waals surface area contributed by atoms with E-state index in [0.717, 1.165) is 29.9 Å². The summed E-state index contributed by atoms with van der Waals surface area (Å²) in [5, 5.41) is 0. The zero-order valence-corrected chi connectivity index (χ0v) is 13.5. The van der Waals surface area contributed by atoms with Crippen LogP contribution < -0.4 is 15.2 Å². The average molecular weight is 279 g/mol. The Kier molecular flexibility index (Phi) is 6.34. The number of rotatable bonds is 7. The molecule has 0 bridgehead atoms. The minimum Gasteiger partial charge on any atom is -0.490 e. The molecule has 1 unspecified atom stereocenters. The van der Waals surface area contributed by atoms with Crippen LogP contribution in [0.3, 0.4) is 0 Å². The Morgan fingerprint density at radius 2 is 1.90 bits per heavy atom. The Morgan fingerprint density at radius 3 is 2.45 bits per heavy atom. The summed E-state index contributed by atoms with van der Waals surface area (Å²) in [5.74, 6) is 1.68. The predicted octanol–water partition coefficient (Wildman–Crippen LogP) is 3.79. The van der Waals surface area contributed by atoms with Gasteiger partial charge in [-0.15, -0.1) is 0 Å². The van der Waals surface area contributed by atoms with Crippen LogP contribution in [0.5, 0.6) is 11.5 Å². The summed E-state index contributed by atoms with van der Waals surface area (Å²) in [6.45, 7) is 12.0. The van der Waals surface area contributed by atoms with Gasteiger partial charge in [-0.3, -0.25) is 0 Å². The van der Waals surface area contributed by atoms with Crippen LogP contribution in [0.25, 0.3) is 0 Å². The summed E-state index contributed by atoms with van der Waals surface area (Å²) in [6, 6.07) is 6.13. The van der Waals surface area contributed by atoms with Crippen LogP contribution in [0.1, 0.15) is 46.6 Å². The highest BCUT2D eigenvalue weighted by Crippen LogP contribution is 2.33. The molecule has 1 aromatic carbocycles. The van der Waals surface area contributed by atoms with Crippen molar-refractivity contribution in [3.63, 3.8) is 0 Å². The lowest BCUT2D eigenvalue weighted by Gasteiger charge is -2.21. The van der Waals surface area contributed by atoms with Crippen LogP contribution in [0.4, 0.5) is 0 Å². The second-order valence-corrected chi connectivity index (χ2v) is 6.52. The van der Waals surface area contributed by atoms with Gasteiger partial charge in [-0.25, -0.2) is 0 Å². The van der Waals surface area contributed by atoms with Gasteiger partial charge in [0.1, 0.15) is 0 Å². The standard InChI is InChI=1S/C17H29NO2/c1-6-19-15-9-7-8-14(12-13(2)18)16(15)20-11-10-17(3,4)5/h7-9,13H,6,10-12,18H2,1-5H3. The first-order chi connectivity index (χ1) is 9.33. The maximum absolute atomic E-state index is 6.02. The second kappa shape index (κ2) is 7.53. The number of benzene rings is 1. The van der Waals surface area contributed by atoms with Gasteiger partial charge in [-0.05, 0) is 43.7 Å². The molecule has 1 atom stereocenters. The van der Waals surface area contributed by atoms with E-state index in [1.54, 1.807) is 0 Å². The molecule has 3 nitrogen and oxygen atoms in total. The van der Waals surface area contributed by atoms with Crippen LogP contribution in [0, 0.1) is 5.41 Å². The third-order valence-corrected chi connectivity index (χ3v) is 3.00. The molecule has 0 saturated heterocycles. The summed E-state index contributed by atoms with van der Waals surface area (Å²) in [6.07, 6.45) is 1.80. The van der Waals surface area contributed by atoms with E-state index in [1.165, 1.54) is 0 Å². The van der Waals surface area contributed by atoms with Crippen molar-refractivity contribution in [1.82, 2.24) is 0 Å². The summed E-state index contributed by atoms with van der Waals surface area (Å²) in [7, 11) is 0. The van der Waals surface area contributed by atoms with E-state index in [0.29, 0.717) is 13.2 Å². The molecule has 2 N–H and O–H groups in total. The highest BCUT2D eigenvalue weighted by Gasteiger charge is 2.15. The molecule has 20 heavy (non-hydrogen) atoms. The summed E-state index contributed by atoms with van der Waals surface area (Å²) >= 11 is 0. The topological polar surface area (TPSA) is 44.5 Å². The Morgan fingerprint density at radius 1 is 1.20 bits per heavy atom. The first kappa shape index (κ1) is 16.8. The van der Waals surface area contributed by atoms with E-state index in [9.17, 15) is 0 Å². The van der Waals surface area contributed by atoms with E-state index < -0.39 is 0 Å². The number of hydrogen-bond acceptors (Lipinski definition) is 3. The Labute approximate surface area is 123 Å². The fourth-order valence-corrected chi connectivity index (χ4v) is 1.96. The van der Waals surface area contributed by atoms with Gasteiger partial charge < -0.3 is 15.2 Å². The smallest absolute Gasteiger partial charge is 0.164 e. The largest absolute Gasteiger partial charge is 0.490 e. The van der Waals surface area contributed by atoms with Gasteiger partial charge in [-0.1, -0.05) is 32.9 Å². The minimum absolute atomic E-state index is 0.108. The molecule has 0 amide bonds. The van der Waals surface area contributed by atoms with Crippen molar-refractivity contribution >= 4 is 0 Å². The van der Waals surface area contributed by atoms with Gasteiger partial charge in [0.25, 0.3) is 0 Å². The molecule has 0 saturated carbocycles. The molecule has 0 spiro atoms. The number of hydrogen-bond donors (Lipinski definition) is 1. The molecular weight excluding hydrogens is 250 g/mol. The van der Waals surface area contributed by atoms with Gasteiger partial charge in [-0.2, -0.15) is 0 Å². The number of nitrogens with two attached hydrogens (primary N) is 1. The number of ether oxygens (including phenoxy) is 2.